The quantitative estimate of drug-likeness (QED) is 0.459. The summed E-state index contributed by atoms with van der Waals surface area (Å²) >= 11 is 3.63. The van der Waals surface area contributed by atoms with E-state index in [-0.39, 0.29) is 0 Å². The summed E-state index contributed by atoms with van der Waals surface area (Å²) in [4.78, 5) is 0. The molecule has 0 rings (SSSR count). The molecule has 56 valence electrons. The number of nitrogens with zero attached hydrogens (tertiary/aromatic N) is 2. The van der Waals surface area contributed by atoms with E-state index in [0.717, 1.165) is 5.08 Å². The second-order valence-electron chi connectivity index (χ2n) is 2.00. The highest BCUT2D eigenvalue weighted by molar-refractivity contribution is 8.13. The van der Waals surface area contributed by atoms with Gasteiger partial charge in [-0.2, -0.15) is 0 Å². The van der Waals surface area contributed by atoms with Gasteiger partial charge in [0.05, 0.1) is 5.08 Å². The van der Waals surface area contributed by atoms with Crippen LogP contribution in [0.4, 0.5) is 0 Å². The maximum Gasteiger partial charge on any atom is 0.0686 e. The molecular formula is C5H14N2S2. The van der Waals surface area contributed by atoms with E-state index < -0.39 is 0 Å². The summed E-state index contributed by atoms with van der Waals surface area (Å²) in [5.74, 6) is 0. The molecule has 0 spiro atoms. The van der Waals surface area contributed by atoms with E-state index in [2.05, 4.69) is 36.8 Å². The van der Waals surface area contributed by atoms with E-state index in [9.17, 15) is 0 Å². The number of hydrogen-bond donors (Lipinski definition) is 0. The summed E-state index contributed by atoms with van der Waals surface area (Å²) in [5, 5.41) is 1.10. The van der Waals surface area contributed by atoms with Gasteiger partial charge in [-0.15, -0.1) is 0 Å². The molecule has 0 aromatic heterocycles. The van der Waals surface area contributed by atoms with Gasteiger partial charge in [-0.05, 0) is 28.2 Å². The Kier molecular flexibility index (Phi) is 5.78. The molecule has 0 amide bonds. The molecule has 0 atom stereocenters. The summed E-state index contributed by atoms with van der Waals surface area (Å²) in [6, 6.07) is 0. The lowest BCUT2D eigenvalue weighted by Crippen LogP contribution is -2.04. The smallest absolute Gasteiger partial charge is 0.0686 e. The molecule has 0 radical (unpaired) electrons. The molecule has 0 aromatic carbocycles. The monoisotopic (exact) mass is 166 g/mol. The van der Waals surface area contributed by atoms with E-state index in [0.29, 0.717) is 0 Å². The second-order valence-corrected chi connectivity index (χ2v) is 4.92. The fourth-order valence-electron chi connectivity index (χ4n) is 0.234. The highest BCUT2D eigenvalue weighted by atomic mass is 32.2. The van der Waals surface area contributed by atoms with Crippen LogP contribution in [0, 0.1) is 0 Å². The van der Waals surface area contributed by atoms with Crippen LogP contribution in [-0.2, 0) is 0 Å². The summed E-state index contributed by atoms with van der Waals surface area (Å²) < 4.78 is 4.22. The molecule has 0 bridgehead atoms. The van der Waals surface area contributed by atoms with Crippen LogP contribution in [0.2, 0.25) is 0 Å². The van der Waals surface area contributed by atoms with Gasteiger partial charge in [0.15, 0.2) is 0 Å². The van der Waals surface area contributed by atoms with Gasteiger partial charge in [0.25, 0.3) is 0 Å². The maximum absolute atomic E-state index is 2.11. The van der Waals surface area contributed by atoms with Gasteiger partial charge >= 0.3 is 0 Å². The fourth-order valence-corrected chi connectivity index (χ4v) is 2.11. The van der Waals surface area contributed by atoms with Crippen LogP contribution in [0.25, 0.3) is 0 Å². The Morgan fingerprint density at radius 1 is 0.889 bits per heavy atom. The van der Waals surface area contributed by atoms with Crippen molar-refractivity contribution in [3.8, 4) is 0 Å². The van der Waals surface area contributed by atoms with E-state index in [4.69, 9.17) is 0 Å². The van der Waals surface area contributed by atoms with Crippen LogP contribution in [-0.4, -0.2) is 41.9 Å². The SMILES string of the molecule is CN(C)SCSN(C)C. The molecule has 0 saturated carbocycles. The van der Waals surface area contributed by atoms with Gasteiger partial charge in [0.2, 0.25) is 0 Å². The lowest BCUT2D eigenvalue weighted by Gasteiger charge is -2.10. The Morgan fingerprint density at radius 2 is 1.22 bits per heavy atom. The highest BCUT2D eigenvalue weighted by Gasteiger charge is 1.92. The number of rotatable bonds is 4. The van der Waals surface area contributed by atoms with Crippen molar-refractivity contribution >= 4 is 23.9 Å². The van der Waals surface area contributed by atoms with Crippen molar-refractivity contribution in [2.45, 2.75) is 0 Å². The Hall–Kier alpha value is 0.620. The predicted molar refractivity (Wildman–Crippen MR) is 47.4 cm³/mol. The average molecular weight is 166 g/mol. The van der Waals surface area contributed by atoms with Crippen LogP contribution in [0.3, 0.4) is 0 Å². The lowest BCUT2D eigenvalue weighted by atomic mass is 11.3. The first-order valence-corrected chi connectivity index (χ1v) is 4.62. The zero-order chi connectivity index (χ0) is 7.28. The van der Waals surface area contributed by atoms with Crippen molar-refractivity contribution in [2.75, 3.05) is 33.3 Å². The summed E-state index contributed by atoms with van der Waals surface area (Å²) in [6.45, 7) is 0. The Bertz CT molecular complexity index is 58.0. The van der Waals surface area contributed by atoms with Crippen LogP contribution in [0.5, 0.6) is 0 Å². The van der Waals surface area contributed by atoms with Gasteiger partial charge in [-0.25, -0.2) is 0 Å². The largest absolute Gasteiger partial charge is 0.256 e. The topological polar surface area (TPSA) is 6.48 Å². The third-order valence-electron chi connectivity index (χ3n) is 0.622. The maximum atomic E-state index is 2.11. The predicted octanol–water partition coefficient (Wildman–Crippen LogP) is 1.36. The third-order valence-corrected chi connectivity index (χ3v) is 2.50. The van der Waals surface area contributed by atoms with Crippen LogP contribution < -0.4 is 0 Å². The number of hydrogen-bond acceptors (Lipinski definition) is 4. The van der Waals surface area contributed by atoms with E-state index in [1.807, 2.05) is 23.9 Å². The van der Waals surface area contributed by atoms with E-state index in [1.54, 1.807) is 0 Å². The Morgan fingerprint density at radius 3 is 1.44 bits per heavy atom. The van der Waals surface area contributed by atoms with E-state index >= 15 is 0 Å². The minimum atomic E-state index is 1.10. The van der Waals surface area contributed by atoms with Crippen molar-refractivity contribution in [1.82, 2.24) is 8.61 Å². The fraction of sp³-hybridized carbons (Fsp3) is 1.00. The normalized spacial score (nSPS) is 11.3. The summed E-state index contributed by atoms with van der Waals surface area (Å²) in [6.07, 6.45) is 0. The molecule has 0 fully saturated rings. The molecule has 4 heteroatoms. The minimum absolute atomic E-state index is 1.10. The van der Waals surface area contributed by atoms with Crippen molar-refractivity contribution < 1.29 is 0 Å². The first-order chi connectivity index (χ1) is 4.13. The third kappa shape index (κ3) is 8.62. The van der Waals surface area contributed by atoms with Gasteiger partial charge < -0.3 is 0 Å². The van der Waals surface area contributed by atoms with Crippen LogP contribution in [0.15, 0.2) is 0 Å². The van der Waals surface area contributed by atoms with E-state index in [1.165, 1.54) is 0 Å². The Labute approximate surface area is 66.2 Å². The molecular weight excluding hydrogens is 152 g/mol. The molecule has 0 heterocycles. The highest BCUT2D eigenvalue weighted by Crippen LogP contribution is 2.14. The van der Waals surface area contributed by atoms with Gasteiger partial charge in [-0.1, -0.05) is 23.9 Å². The molecule has 0 N–H and O–H groups in total. The minimum Gasteiger partial charge on any atom is -0.256 e. The molecule has 9 heavy (non-hydrogen) atoms. The molecule has 0 saturated heterocycles. The van der Waals surface area contributed by atoms with Crippen molar-refractivity contribution in [1.29, 1.82) is 0 Å². The summed E-state index contributed by atoms with van der Waals surface area (Å²) in [5.41, 5.74) is 0. The first-order valence-electron chi connectivity index (χ1n) is 2.73. The van der Waals surface area contributed by atoms with Gasteiger partial charge in [-0.3, -0.25) is 8.61 Å². The van der Waals surface area contributed by atoms with Gasteiger partial charge in [0, 0.05) is 0 Å². The van der Waals surface area contributed by atoms with Gasteiger partial charge in [0.1, 0.15) is 0 Å². The molecule has 0 aliphatic carbocycles. The lowest BCUT2D eigenvalue weighted by molar-refractivity contribution is 0.698. The standard InChI is InChI=1S/C5H14N2S2/c1-6(2)8-5-9-7(3)4/h5H2,1-4H3. The molecule has 0 aromatic rings. The zero-order valence-electron chi connectivity index (χ0n) is 6.42. The molecule has 0 aliphatic heterocycles. The van der Waals surface area contributed by atoms with Crippen molar-refractivity contribution in [3.63, 3.8) is 0 Å². The van der Waals surface area contributed by atoms with Crippen LogP contribution >= 0.6 is 23.9 Å². The summed E-state index contributed by atoms with van der Waals surface area (Å²) in [7, 11) is 8.23. The second kappa shape index (κ2) is 5.41. The molecule has 2 nitrogen and oxygen atoms in total. The zero-order valence-corrected chi connectivity index (χ0v) is 8.05. The molecule has 0 aliphatic rings. The van der Waals surface area contributed by atoms with Crippen molar-refractivity contribution in [2.24, 2.45) is 0 Å². The van der Waals surface area contributed by atoms with Crippen LogP contribution in [0.1, 0.15) is 0 Å². The average Bonchev–Trinajstić information content (AvgIpc) is 1.63. The Balaban J connectivity index is 2.91. The molecule has 0 unspecified atom stereocenters. The van der Waals surface area contributed by atoms with Crippen molar-refractivity contribution in [3.05, 3.63) is 0 Å². The first kappa shape index (κ1) is 9.62.